The van der Waals surface area contributed by atoms with Crippen LogP contribution in [0.4, 0.5) is 11.6 Å². The number of rotatable bonds is 8. The van der Waals surface area contributed by atoms with Crippen LogP contribution < -0.4 is 19.5 Å². The third-order valence-electron chi connectivity index (χ3n) is 5.95. The molecule has 33 heavy (non-hydrogen) atoms. The molecule has 8 heteroatoms. The van der Waals surface area contributed by atoms with Crippen LogP contribution in [0.25, 0.3) is 16.7 Å². The van der Waals surface area contributed by atoms with E-state index in [4.69, 9.17) is 24.5 Å². The Balaban J connectivity index is 1.67. The van der Waals surface area contributed by atoms with Gasteiger partial charge in [-0.3, -0.25) is 0 Å². The molecule has 0 saturated carbocycles. The Morgan fingerprint density at radius 1 is 1.15 bits per heavy atom. The van der Waals surface area contributed by atoms with Crippen molar-refractivity contribution in [2.75, 3.05) is 26.6 Å². The number of aromatic nitrogens is 3. The molecule has 0 bridgehead atoms. The maximum Gasteiger partial charge on any atom is 0.229 e. The maximum atomic E-state index is 8.98. The molecule has 0 fully saturated rings. The summed E-state index contributed by atoms with van der Waals surface area (Å²) in [5.41, 5.74) is 2.67. The van der Waals surface area contributed by atoms with Crippen LogP contribution in [-0.4, -0.2) is 35.9 Å². The molecule has 2 heterocycles. The van der Waals surface area contributed by atoms with Crippen LogP contribution in [0.2, 0.25) is 0 Å². The van der Waals surface area contributed by atoms with Gasteiger partial charge >= 0.3 is 0 Å². The lowest BCUT2D eigenvalue weighted by atomic mass is 9.84. The van der Waals surface area contributed by atoms with Crippen molar-refractivity contribution in [3.05, 3.63) is 48.8 Å². The SMILES string of the molecule is COc1cc(Nc2ncc3ccn(C4=CC=CC(CCC#N)C4C)c3n2)cc(OC)c1OC. The molecule has 0 radical (unpaired) electrons. The van der Waals surface area contributed by atoms with Gasteiger partial charge in [0.15, 0.2) is 11.5 Å². The van der Waals surface area contributed by atoms with E-state index in [9.17, 15) is 0 Å². The number of anilines is 2. The summed E-state index contributed by atoms with van der Waals surface area (Å²) in [5.74, 6) is 2.65. The van der Waals surface area contributed by atoms with Gasteiger partial charge in [0, 0.05) is 53.6 Å². The van der Waals surface area contributed by atoms with Gasteiger partial charge in [-0.15, -0.1) is 0 Å². The summed E-state index contributed by atoms with van der Waals surface area (Å²) in [6.07, 6.45) is 11.6. The zero-order valence-electron chi connectivity index (χ0n) is 19.2. The minimum absolute atomic E-state index is 0.264. The lowest BCUT2D eigenvalue weighted by Crippen LogP contribution is -2.17. The molecule has 3 aromatic rings. The van der Waals surface area contributed by atoms with Gasteiger partial charge in [0.25, 0.3) is 0 Å². The van der Waals surface area contributed by atoms with E-state index in [0.29, 0.717) is 41.2 Å². The normalized spacial score (nSPS) is 17.4. The molecule has 0 amide bonds. The van der Waals surface area contributed by atoms with Crippen LogP contribution in [0.1, 0.15) is 19.8 Å². The van der Waals surface area contributed by atoms with Crippen molar-refractivity contribution >= 4 is 28.4 Å². The van der Waals surface area contributed by atoms with Gasteiger partial charge in [0.05, 0.1) is 27.4 Å². The largest absolute Gasteiger partial charge is 0.493 e. The number of benzene rings is 1. The number of nitrogens with zero attached hydrogens (tertiary/aromatic N) is 4. The van der Waals surface area contributed by atoms with Gasteiger partial charge in [-0.05, 0) is 24.5 Å². The topological polar surface area (TPSA) is 94.2 Å². The van der Waals surface area contributed by atoms with Crippen molar-refractivity contribution < 1.29 is 14.2 Å². The first-order valence-corrected chi connectivity index (χ1v) is 10.8. The molecular formula is C25H27N5O3. The molecule has 1 aromatic carbocycles. The lowest BCUT2D eigenvalue weighted by molar-refractivity contribution is 0.324. The van der Waals surface area contributed by atoms with Crippen LogP contribution in [0.5, 0.6) is 17.2 Å². The molecule has 0 aliphatic heterocycles. The fourth-order valence-electron chi connectivity index (χ4n) is 4.18. The average Bonchev–Trinajstić information content (AvgIpc) is 3.25. The van der Waals surface area contributed by atoms with E-state index < -0.39 is 0 Å². The Kier molecular flexibility index (Phi) is 6.50. The Labute approximate surface area is 193 Å². The Hall–Kier alpha value is -3.99. The highest BCUT2D eigenvalue weighted by atomic mass is 16.5. The number of methoxy groups -OCH3 is 3. The van der Waals surface area contributed by atoms with Crippen LogP contribution in [0.15, 0.2) is 48.8 Å². The fourth-order valence-corrected chi connectivity index (χ4v) is 4.18. The minimum atomic E-state index is 0.264. The number of fused-ring (bicyclic) bond motifs is 1. The second kappa shape index (κ2) is 9.65. The van der Waals surface area contributed by atoms with Crippen molar-refractivity contribution in [3.8, 4) is 23.3 Å². The monoisotopic (exact) mass is 445 g/mol. The zero-order chi connectivity index (χ0) is 23.4. The number of nitrogens with one attached hydrogen (secondary N) is 1. The van der Waals surface area contributed by atoms with Gasteiger partial charge in [-0.1, -0.05) is 19.1 Å². The predicted octanol–water partition coefficient (Wildman–Crippen LogP) is 5.17. The quantitative estimate of drug-likeness (QED) is 0.511. The standard InChI is InChI=1S/C25H27N5O3/c1-16-17(8-6-11-26)7-5-9-20(16)30-12-10-18-15-27-25(29-24(18)30)28-19-13-21(31-2)23(33-4)22(14-19)32-3/h5,7,9-10,12-17H,6,8H2,1-4H3,(H,27,28,29). The first kappa shape index (κ1) is 22.2. The molecule has 1 N–H and O–H groups in total. The predicted molar refractivity (Wildman–Crippen MR) is 128 cm³/mol. The second-order valence-electron chi connectivity index (χ2n) is 7.82. The van der Waals surface area contributed by atoms with E-state index >= 15 is 0 Å². The number of hydrogen-bond acceptors (Lipinski definition) is 7. The summed E-state index contributed by atoms with van der Waals surface area (Å²) in [7, 11) is 4.72. The van der Waals surface area contributed by atoms with Crippen LogP contribution >= 0.6 is 0 Å². The third-order valence-corrected chi connectivity index (χ3v) is 5.95. The maximum absolute atomic E-state index is 8.98. The van der Waals surface area contributed by atoms with Crippen LogP contribution in [-0.2, 0) is 0 Å². The van der Waals surface area contributed by atoms with Gasteiger partial charge in [-0.25, -0.2) is 4.98 Å². The van der Waals surface area contributed by atoms with E-state index in [1.807, 2.05) is 24.4 Å². The number of hydrogen-bond donors (Lipinski definition) is 1. The molecule has 1 aliphatic rings. The van der Waals surface area contributed by atoms with E-state index in [2.05, 4.69) is 46.1 Å². The van der Waals surface area contributed by atoms with Gasteiger partial charge in [0.1, 0.15) is 5.65 Å². The summed E-state index contributed by atoms with van der Waals surface area (Å²) in [6, 6.07) is 7.88. The molecule has 170 valence electrons. The number of nitriles is 1. The van der Waals surface area contributed by atoms with Crippen LogP contribution in [0.3, 0.4) is 0 Å². The van der Waals surface area contributed by atoms with Crippen molar-refractivity contribution in [2.45, 2.75) is 19.8 Å². The number of ether oxygens (including phenoxy) is 3. The summed E-state index contributed by atoms with van der Waals surface area (Å²) < 4.78 is 18.4. The Morgan fingerprint density at radius 2 is 1.91 bits per heavy atom. The van der Waals surface area contributed by atoms with Gasteiger partial charge < -0.3 is 24.1 Å². The number of allylic oxidation sites excluding steroid dienone is 4. The highest BCUT2D eigenvalue weighted by molar-refractivity contribution is 5.81. The average molecular weight is 446 g/mol. The van der Waals surface area contributed by atoms with Crippen molar-refractivity contribution in [1.82, 2.24) is 14.5 Å². The molecule has 0 saturated heterocycles. The molecule has 2 unspecified atom stereocenters. The summed E-state index contributed by atoms with van der Waals surface area (Å²) >= 11 is 0. The highest BCUT2D eigenvalue weighted by Crippen LogP contribution is 2.40. The Morgan fingerprint density at radius 3 is 2.58 bits per heavy atom. The molecule has 0 spiro atoms. The molecule has 4 rings (SSSR count). The fraction of sp³-hybridized carbons (Fsp3) is 0.320. The minimum Gasteiger partial charge on any atom is -0.493 e. The molecule has 1 aliphatic carbocycles. The summed E-state index contributed by atoms with van der Waals surface area (Å²) in [6.45, 7) is 2.19. The first-order valence-electron chi connectivity index (χ1n) is 10.8. The summed E-state index contributed by atoms with van der Waals surface area (Å²) in [4.78, 5) is 9.26. The van der Waals surface area contributed by atoms with Gasteiger partial charge in [0.2, 0.25) is 11.7 Å². The molecule has 8 nitrogen and oxygen atoms in total. The smallest absolute Gasteiger partial charge is 0.229 e. The van der Waals surface area contributed by atoms with E-state index in [-0.39, 0.29) is 5.92 Å². The molecular weight excluding hydrogens is 418 g/mol. The first-order chi connectivity index (χ1) is 16.1. The van der Waals surface area contributed by atoms with E-state index in [1.54, 1.807) is 27.5 Å². The van der Waals surface area contributed by atoms with Crippen LogP contribution in [0, 0.1) is 23.2 Å². The van der Waals surface area contributed by atoms with Gasteiger partial charge in [-0.2, -0.15) is 10.2 Å². The zero-order valence-corrected chi connectivity index (χ0v) is 19.2. The molecule has 2 aromatic heterocycles. The van der Waals surface area contributed by atoms with Crippen molar-refractivity contribution in [3.63, 3.8) is 0 Å². The van der Waals surface area contributed by atoms with Crippen molar-refractivity contribution in [1.29, 1.82) is 5.26 Å². The molecule has 2 atom stereocenters. The van der Waals surface area contributed by atoms with Crippen molar-refractivity contribution in [2.24, 2.45) is 11.8 Å². The van der Waals surface area contributed by atoms with E-state index in [1.165, 1.54) is 0 Å². The third kappa shape index (κ3) is 4.35. The summed E-state index contributed by atoms with van der Waals surface area (Å²) in [5, 5.41) is 13.2. The van der Waals surface area contributed by atoms with E-state index in [0.717, 1.165) is 23.2 Å². The lowest BCUT2D eigenvalue weighted by Gasteiger charge is -2.27. The second-order valence-corrected chi connectivity index (χ2v) is 7.82. The Bertz CT molecular complexity index is 1230. The highest BCUT2D eigenvalue weighted by Gasteiger charge is 2.23.